The number of hydrogen-bond acceptors (Lipinski definition) is 6. The Bertz CT molecular complexity index is 930. The highest BCUT2D eigenvalue weighted by molar-refractivity contribution is 6.04. The smallest absolute Gasteiger partial charge is 0.258 e. The molecule has 3 rings (SSSR count). The lowest BCUT2D eigenvalue weighted by Gasteiger charge is -2.14. The first-order chi connectivity index (χ1) is 13.6. The van der Waals surface area contributed by atoms with Crippen molar-refractivity contribution in [1.82, 2.24) is 9.97 Å². The quantitative estimate of drug-likeness (QED) is 0.648. The molecule has 28 heavy (non-hydrogen) atoms. The Labute approximate surface area is 163 Å². The molecule has 0 aliphatic rings. The van der Waals surface area contributed by atoms with Crippen molar-refractivity contribution in [1.29, 1.82) is 0 Å². The molecule has 3 aromatic rings. The van der Waals surface area contributed by atoms with Gasteiger partial charge in [-0.25, -0.2) is 9.97 Å². The summed E-state index contributed by atoms with van der Waals surface area (Å²) in [7, 11) is 3.10. The number of anilines is 2. The minimum absolute atomic E-state index is 0.0434. The molecule has 0 spiro atoms. The van der Waals surface area contributed by atoms with Crippen LogP contribution < -0.4 is 20.1 Å². The third-order valence-electron chi connectivity index (χ3n) is 4.21. The fourth-order valence-corrected chi connectivity index (χ4v) is 2.64. The molecule has 0 aliphatic heterocycles. The number of carbonyl (C=O) groups excluding carboxylic acids is 1. The van der Waals surface area contributed by atoms with Crippen LogP contribution in [-0.2, 0) is 0 Å². The fraction of sp³-hybridized carbons (Fsp3) is 0.190. The van der Waals surface area contributed by atoms with Crippen molar-refractivity contribution in [3.05, 3.63) is 72.1 Å². The third-order valence-corrected chi connectivity index (χ3v) is 4.21. The van der Waals surface area contributed by atoms with Crippen LogP contribution in [0.4, 0.5) is 11.6 Å². The molecule has 2 aromatic carbocycles. The number of rotatable bonds is 7. The number of amides is 1. The van der Waals surface area contributed by atoms with Crippen molar-refractivity contribution in [2.24, 2.45) is 0 Å². The van der Waals surface area contributed by atoms with Gasteiger partial charge in [0.2, 0.25) is 5.95 Å². The molecule has 0 radical (unpaired) electrons. The molecular formula is C21H22N4O3. The minimum atomic E-state index is -0.339. The lowest BCUT2D eigenvalue weighted by Crippen LogP contribution is -2.15. The van der Waals surface area contributed by atoms with Crippen molar-refractivity contribution in [3.63, 3.8) is 0 Å². The lowest BCUT2D eigenvalue weighted by molar-refractivity contribution is 0.102. The maximum Gasteiger partial charge on any atom is 0.258 e. The summed E-state index contributed by atoms with van der Waals surface area (Å²) in [5.74, 6) is 1.26. The molecule has 0 bridgehead atoms. The van der Waals surface area contributed by atoms with E-state index in [9.17, 15) is 4.79 Å². The van der Waals surface area contributed by atoms with Gasteiger partial charge in [0.25, 0.3) is 5.91 Å². The fourth-order valence-electron chi connectivity index (χ4n) is 2.64. The Morgan fingerprint density at radius 1 is 1.00 bits per heavy atom. The van der Waals surface area contributed by atoms with E-state index in [2.05, 4.69) is 20.6 Å². The summed E-state index contributed by atoms with van der Waals surface area (Å²) in [6.45, 7) is 2.02. The van der Waals surface area contributed by atoms with E-state index in [-0.39, 0.29) is 11.9 Å². The van der Waals surface area contributed by atoms with Crippen LogP contribution in [0.3, 0.4) is 0 Å². The summed E-state index contributed by atoms with van der Waals surface area (Å²) in [4.78, 5) is 21.0. The van der Waals surface area contributed by atoms with E-state index >= 15 is 0 Å². The highest BCUT2D eigenvalue weighted by atomic mass is 16.5. The minimum Gasteiger partial charge on any atom is -0.497 e. The van der Waals surface area contributed by atoms with Crippen LogP contribution in [0.2, 0.25) is 0 Å². The van der Waals surface area contributed by atoms with Crippen molar-refractivity contribution < 1.29 is 14.3 Å². The van der Waals surface area contributed by atoms with Gasteiger partial charge in [0, 0.05) is 18.5 Å². The first kappa shape index (κ1) is 19.2. The average molecular weight is 378 g/mol. The van der Waals surface area contributed by atoms with Crippen molar-refractivity contribution >= 4 is 17.5 Å². The highest BCUT2D eigenvalue weighted by Gasteiger charge is 2.13. The van der Waals surface area contributed by atoms with Gasteiger partial charge in [-0.3, -0.25) is 4.79 Å². The van der Waals surface area contributed by atoms with Crippen molar-refractivity contribution in [2.75, 3.05) is 24.9 Å². The second-order valence-electron chi connectivity index (χ2n) is 6.09. The molecule has 0 fully saturated rings. The Morgan fingerprint density at radius 3 is 2.36 bits per heavy atom. The largest absolute Gasteiger partial charge is 0.497 e. The van der Waals surface area contributed by atoms with Crippen LogP contribution in [0.15, 0.2) is 60.9 Å². The number of nitrogens with one attached hydrogen (secondary N) is 2. The second-order valence-corrected chi connectivity index (χ2v) is 6.09. The Kier molecular flexibility index (Phi) is 6.06. The molecule has 1 unspecified atom stereocenters. The predicted molar refractivity (Wildman–Crippen MR) is 108 cm³/mol. The van der Waals surface area contributed by atoms with Gasteiger partial charge in [0.1, 0.15) is 11.5 Å². The molecule has 2 N–H and O–H groups in total. The van der Waals surface area contributed by atoms with Gasteiger partial charge >= 0.3 is 0 Å². The second kappa shape index (κ2) is 8.85. The number of methoxy groups -OCH3 is 2. The maximum absolute atomic E-state index is 12.5. The van der Waals surface area contributed by atoms with Crippen LogP contribution in [0.5, 0.6) is 11.5 Å². The maximum atomic E-state index is 12.5. The summed E-state index contributed by atoms with van der Waals surface area (Å²) in [5.41, 5.74) is 1.97. The molecule has 7 nitrogen and oxygen atoms in total. The molecule has 0 saturated heterocycles. The van der Waals surface area contributed by atoms with E-state index in [0.717, 1.165) is 5.56 Å². The number of nitrogens with zero attached hydrogens (tertiary/aromatic N) is 2. The van der Waals surface area contributed by atoms with Crippen LogP contribution in [0.25, 0.3) is 0 Å². The summed E-state index contributed by atoms with van der Waals surface area (Å²) in [6, 6.07) is 15.2. The van der Waals surface area contributed by atoms with E-state index in [1.165, 1.54) is 19.5 Å². The first-order valence-corrected chi connectivity index (χ1v) is 8.77. The van der Waals surface area contributed by atoms with Gasteiger partial charge < -0.3 is 20.1 Å². The van der Waals surface area contributed by atoms with Gasteiger partial charge in [-0.2, -0.15) is 0 Å². The average Bonchev–Trinajstić information content (AvgIpc) is 2.74. The first-order valence-electron chi connectivity index (χ1n) is 8.77. The van der Waals surface area contributed by atoms with Crippen LogP contribution >= 0.6 is 0 Å². The van der Waals surface area contributed by atoms with E-state index < -0.39 is 0 Å². The van der Waals surface area contributed by atoms with Gasteiger partial charge in [-0.1, -0.05) is 30.3 Å². The third kappa shape index (κ3) is 4.56. The molecular weight excluding hydrogens is 356 g/mol. The Balaban J connectivity index is 1.69. The van der Waals surface area contributed by atoms with E-state index in [1.54, 1.807) is 25.3 Å². The Morgan fingerprint density at radius 2 is 1.71 bits per heavy atom. The summed E-state index contributed by atoms with van der Waals surface area (Å²) < 4.78 is 10.5. The summed E-state index contributed by atoms with van der Waals surface area (Å²) in [6.07, 6.45) is 2.96. The van der Waals surface area contributed by atoms with E-state index in [0.29, 0.717) is 28.7 Å². The van der Waals surface area contributed by atoms with E-state index in [4.69, 9.17) is 9.47 Å². The zero-order chi connectivity index (χ0) is 19.9. The summed E-state index contributed by atoms with van der Waals surface area (Å²) in [5, 5.41) is 6.01. The van der Waals surface area contributed by atoms with Gasteiger partial charge in [0.05, 0.1) is 31.5 Å². The normalized spacial score (nSPS) is 11.4. The zero-order valence-corrected chi connectivity index (χ0v) is 16.0. The molecule has 1 amide bonds. The molecule has 144 valence electrons. The number of ether oxygens (including phenoxy) is 2. The SMILES string of the molecule is COc1ccc(OC)c(NC(=O)c2cnc(NC(C)c3ccccc3)nc2)c1. The highest BCUT2D eigenvalue weighted by Crippen LogP contribution is 2.29. The number of aromatic nitrogens is 2. The number of hydrogen-bond donors (Lipinski definition) is 2. The molecule has 7 heteroatoms. The standard InChI is InChI=1S/C21H22N4O3/c1-14(15-7-5-4-6-8-15)24-21-22-12-16(13-23-21)20(26)25-18-11-17(27-2)9-10-19(18)28-3/h4-14H,1-3H3,(H,25,26)(H,22,23,24). The predicted octanol–water partition coefficient (Wildman–Crippen LogP) is 3.92. The molecule has 1 heterocycles. The van der Waals surface area contributed by atoms with Crippen LogP contribution in [0, 0.1) is 0 Å². The van der Waals surface area contributed by atoms with Gasteiger partial charge in [-0.15, -0.1) is 0 Å². The zero-order valence-electron chi connectivity index (χ0n) is 16.0. The van der Waals surface area contributed by atoms with Crippen molar-refractivity contribution in [3.8, 4) is 11.5 Å². The monoisotopic (exact) mass is 378 g/mol. The summed E-state index contributed by atoms with van der Waals surface area (Å²) >= 11 is 0. The lowest BCUT2D eigenvalue weighted by atomic mass is 10.1. The number of benzene rings is 2. The molecule has 0 saturated carbocycles. The molecule has 1 atom stereocenters. The Hall–Kier alpha value is -3.61. The topological polar surface area (TPSA) is 85.4 Å². The van der Waals surface area contributed by atoms with E-state index in [1.807, 2.05) is 37.3 Å². The molecule has 1 aromatic heterocycles. The van der Waals surface area contributed by atoms with Crippen molar-refractivity contribution in [2.45, 2.75) is 13.0 Å². The van der Waals surface area contributed by atoms with Gasteiger partial charge in [0.15, 0.2) is 0 Å². The van der Waals surface area contributed by atoms with Gasteiger partial charge in [-0.05, 0) is 24.6 Å². The molecule has 0 aliphatic carbocycles. The van der Waals surface area contributed by atoms with Crippen LogP contribution in [0.1, 0.15) is 28.9 Å². The number of carbonyl (C=O) groups is 1. The van der Waals surface area contributed by atoms with Crippen LogP contribution in [-0.4, -0.2) is 30.1 Å².